The minimum atomic E-state index is -0.288. The molecule has 23 heavy (non-hydrogen) atoms. The second-order valence-corrected chi connectivity index (χ2v) is 6.34. The molecular weight excluding hydrogens is 333 g/mol. The molecule has 1 aliphatic rings. The molecule has 4 nitrogen and oxygen atoms in total. The third-order valence-electron chi connectivity index (χ3n) is 3.88. The van der Waals surface area contributed by atoms with Crippen molar-refractivity contribution in [2.75, 3.05) is 0 Å². The first-order valence-electron chi connectivity index (χ1n) is 7.41. The highest BCUT2D eigenvalue weighted by Gasteiger charge is 2.30. The van der Waals surface area contributed by atoms with Crippen LogP contribution >= 0.6 is 23.2 Å². The van der Waals surface area contributed by atoms with Crippen molar-refractivity contribution in [3.8, 4) is 0 Å². The number of nitrogens with one attached hydrogen (secondary N) is 3. The average Bonchev–Trinajstić information content (AvgIpc) is 3.04. The van der Waals surface area contributed by atoms with E-state index >= 15 is 0 Å². The third kappa shape index (κ3) is 4.03. The highest BCUT2D eigenvalue weighted by molar-refractivity contribution is 6.31. The minimum Gasteiger partial charge on any atom is -0.351 e. The van der Waals surface area contributed by atoms with E-state index in [1.807, 2.05) is 48.5 Å². The normalized spacial score (nSPS) is 20.4. The Hall–Kier alpha value is -1.59. The lowest BCUT2D eigenvalue weighted by molar-refractivity contribution is -0.123. The summed E-state index contributed by atoms with van der Waals surface area (Å²) in [4.78, 5) is 12.3. The van der Waals surface area contributed by atoms with E-state index in [4.69, 9.17) is 23.2 Å². The van der Waals surface area contributed by atoms with Gasteiger partial charge < -0.3 is 5.32 Å². The summed E-state index contributed by atoms with van der Waals surface area (Å²) in [6.07, 6.45) is 0.649. The Morgan fingerprint density at radius 2 is 1.83 bits per heavy atom. The Bertz CT molecular complexity index is 690. The molecule has 3 N–H and O–H groups in total. The lowest BCUT2D eigenvalue weighted by Crippen LogP contribution is -2.42. The summed E-state index contributed by atoms with van der Waals surface area (Å²) in [5, 5.41) is 4.32. The SMILES string of the molecule is O=C(NCc1ccc(Cl)cc1)C1CC(c2ccccc2Cl)NN1. The smallest absolute Gasteiger partial charge is 0.238 e. The van der Waals surface area contributed by atoms with E-state index < -0.39 is 0 Å². The number of rotatable bonds is 4. The van der Waals surface area contributed by atoms with Gasteiger partial charge in [0.25, 0.3) is 0 Å². The second kappa shape index (κ2) is 7.32. The van der Waals surface area contributed by atoms with Gasteiger partial charge in [-0.15, -0.1) is 0 Å². The topological polar surface area (TPSA) is 53.2 Å². The fourth-order valence-electron chi connectivity index (χ4n) is 2.60. The van der Waals surface area contributed by atoms with Crippen molar-refractivity contribution in [1.82, 2.24) is 16.2 Å². The number of carbonyl (C=O) groups excluding carboxylic acids is 1. The maximum absolute atomic E-state index is 12.3. The van der Waals surface area contributed by atoms with Gasteiger partial charge in [0, 0.05) is 22.6 Å². The van der Waals surface area contributed by atoms with Gasteiger partial charge in [0.05, 0.1) is 0 Å². The van der Waals surface area contributed by atoms with Gasteiger partial charge in [-0.3, -0.25) is 4.79 Å². The van der Waals surface area contributed by atoms with E-state index in [2.05, 4.69) is 16.2 Å². The van der Waals surface area contributed by atoms with Crippen molar-refractivity contribution in [2.24, 2.45) is 0 Å². The molecule has 0 spiro atoms. The molecule has 1 saturated heterocycles. The Labute approximate surface area is 145 Å². The lowest BCUT2D eigenvalue weighted by atomic mass is 10.0. The van der Waals surface area contributed by atoms with Crippen molar-refractivity contribution in [3.63, 3.8) is 0 Å². The van der Waals surface area contributed by atoms with E-state index in [9.17, 15) is 4.79 Å². The number of hydrogen-bond acceptors (Lipinski definition) is 3. The van der Waals surface area contributed by atoms with Gasteiger partial charge in [-0.2, -0.15) is 0 Å². The van der Waals surface area contributed by atoms with E-state index in [-0.39, 0.29) is 18.0 Å². The molecule has 3 rings (SSSR count). The predicted molar refractivity (Wildman–Crippen MR) is 92.2 cm³/mol. The molecule has 1 heterocycles. The highest BCUT2D eigenvalue weighted by atomic mass is 35.5. The third-order valence-corrected chi connectivity index (χ3v) is 4.48. The van der Waals surface area contributed by atoms with Crippen molar-refractivity contribution in [1.29, 1.82) is 0 Å². The quantitative estimate of drug-likeness (QED) is 0.794. The van der Waals surface area contributed by atoms with Crippen LogP contribution in [0.2, 0.25) is 10.0 Å². The summed E-state index contributed by atoms with van der Waals surface area (Å²) in [7, 11) is 0. The fourth-order valence-corrected chi connectivity index (χ4v) is 3.00. The maximum atomic E-state index is 12.3. The molecule has 1 aliphatic heterocycles. The van der Waals surface area contributed by atoms with Crippen LogP contribution in [0.1, 0.15) is 23.6 Å². The zero-order chi connectivity index (χ0) is 16.2. The summed E-state index contributed by atoms with van der Waals surface area (Å²) in [5.41, 5.74) is 8.18. The van der Waals surface area contributed by atoms with E-state index in [1.165, 1.54) is 0 Å². The number of benzene rings is 2. The number of hydrazine groups is 1. The first kappa shape index (κ1) is 16.3. The molecule has 2 unspecified atom stereocenters. The second-order valence-electron chi connectivity index (χ2n) is 5.50. The van der Waals surface area contributed by atoms with E-state index in [1.54, 1.807) is 0 Å². The van der Waals surface area contributed by atoms with Gasteiger partial charge in [-0.25, -0.2) is 10.9 Å². The molecule has 1 fully saturated rings. The fraction of sp³-hybridized carbons (Fsp3) is 0.235. The summed E-state index contributed by atoms with van der Waals surface area (Å²) in [6, 6.07) is 14.8. The van der Waals surface area contributed by atoms with Crippen LogP contribution in [0.5, 0.6) is 0 Å². The van der Waals surface area contributed by atoms with Crippen LogP contribution in [0.25, 0.3) is 0 Å². The first-order valence-corrected chi connectivity index (χ1v) is 8.17. The van der Waals surface area contributed by atoms with Gasteiger partial charge in [0.15, 0.2) is 0 Å². The van der Waals surface area contributed by atoms with E-state index in [0.717, 1.165) is 11.1 Å². The van der Waals surface area contributed by atoms with Gasteiger partial charge in [0.1, 0.15) is 6.04 Å². The van der Waals surface area contributed by atoms with Gasteiger partial charge in [0.2, 0.25) is 5.91 Å². The Morgan fingerprint density at radius 3 is 2.57 bits per heavy atom. The van der Waals surface area contributed by atoms with Crippen LogP contribution in [0.4, 0.5) is 0 Å². The molecule has 0 radical (unpaired) electrons. The highest BCUT2D eigenvalue weighted by Crippen LogP contribution is 2.28. The molecule has 0 aliphatic carbocycles. The van der Waals surface area contributed by atoms with Crippen molar-refractivity contribution < 1.29 is 4.79 Å². The van der Waals surface area contributed by atoms with Crippen LogP contribution in [0.15, 0.2) is 48.5 Å². The molecule has 0 bridgehead atoms. The zero-order valence-corrected chi connectivity index (χ0v) is 13.9. The molecule has 2 aromatic rings. The maximum Gasteiger partial charge on any atom is 0.238 e. The molecular formula is C17H17Cl2N3O. The van der Waals surface area contributed by atoms with Gasteiger partial charge in [-0.1, -0.05) is 53.5 Å². The summed E-state index contributed by atoms with van der Waals surface area (Å²) in [6.45, 7) is 0.477. The number of amides is 1. The summed E-state index contributed by atoms with van der Waals surface area (Å²) >= 11 is 12.1. The monoisotopic (exact) mass is 349 g/mol. The molecule has 0 aromatic heterocycles. The van der Waals surface area contributed by atoms with Crippen LogP contribution in [-0.2, 0) is 11.3 Å². The van der Waals surface area contributed by atoms with Crippen molar-refractivity contribution >= 4 is 29.1 Å². The van der Waals surface area contributed by atoms with Crippen molar-refractivity contribution in [2.45, 2.75) is 25.0 Å². The van der Waals surface area contributed by atoms with Crippen LogP contribution < -0.4 is 16.2 Å². The van der Waals surface area contributed by atoms with Crippen LogP contribution in [0, 0.1) is 0 Å². The molecule has 2 atom stereocenters. The molecule has 6 heteroatoms. The predicted octanol–water partition coefficient (Wildman–Crippen LogP) is 3.22. The van der Waals surface area contributed by atoms with Gasteiger partial charge >= 0.3 is 0 Å². The molecule has 120 valence electrons. The molecule has 1 amide bonds. The zero-order valence-electron chi connectivity index (χ0n) is 12.4. The Morgan fingerprint density at radius 1 is 1.09 bits per heavy atom. The lowest BCUT2D eigenvalue weighted by Gasteiger charge is -2.12. The molecule has 0 saturated carbocycles. The first-order chi connectivity index (χ1) is 11.1. The van der Waals surface area contributed by atoms with Crippen LogP contribution in [-0.4, -0.2) is 11.9 Å². The van der Waals surface area contributed by atoms with Crippen molar-refractivity contribution in [3.05, 3.63) is 69.7 Å². The minimum absolute atomic E-state index is 0.0231. The molecule has 2 aromatic carbocycles. The van der Waals surface area contributed by atoms with E-state index in [0.29, 0.717) is 23.0 Å². The Kier molecular flexibility index (Phi) is 5.18. The summed E-state index contributed by atoms with van der Waals surface area (Å²) in [5.74, 6) is -0.0398. The number of carbonyl (C=O) groups is 1. The number of halogens is 2. The van der Waals surface area contributed by atoms with Gasteiger partial charge in [-0.05, 0) is 35.7 Å². The Balaban J connectivity index is 1.55. The summed E-state index contributed by atoms with van der Waals surface area (Å²) < 4.78 is 0. The largest absolute Gasteiger partial charge is 0.351 e. The van der Waals surface area contributed by atoms with Crippen LogP contribution in [0.3, 0.4) is 0 Å². The number of hydrogen-bond donors (Lipinski definition) is 3. The standard InChI is InChI=1S/C17H17Cl2N3O/c18-12-7-5-11(6-8-12)10-20-17(23)16-9-15(21-22-16)13-3-1-2-4-14(13)19/h1-8,15-16,21-22H,9-10H2,(H,20,23). The average molecular weight is 350 g/mol.